The second kappa shape index (κ2) is 7.34. The van der Waals surface area contributed by atoms with Crippen molar-refractivity contribution in [3.05, 3.63) is 30.1 Å². The van der Waals surface area contributed by atoms with Crippen LogP contribution in [0.3, 0.4) is 0 Å². The van der Waals surface area contributed by atoms with Gasteiger partial charge in [0.05, 0.1) is 5.75 Å². The van der Waals surface area contributed by atoms with Gasteiger partial charge in [-0.25, -0.2) is 4.39 Å². The molecule has 0 N–H and O–H groups in total. The van der Waals surface area contributed by atoms with Crippen LogP contribution in [0.25, 0.3) is 11.4 Å². The van der Waals surface area contributed by atoms with Gasteiger partial charge in [-0.1, -0.05) is 11.8 Å². The Kier molecular flexibility index (Phi) is 5.18. The maximum absolute atomic E-state index is 13.0. The molecule has 1 aliphatic rings. The van der Waals surface area contributed by atoms with Crippen LogP contribution < -0.4 is 0 Å². The molecule has 1 saturated heterocycles. The van der Waals surface area contributed by atoms with Crippen LogP contribution in [-0.2, 0) is 11.8 Å². The molecule has 0 saturated carbocycles. The van der Waals surface area contributed by atoms with Crippen molar-refractivity contribution in [2.45, 2.75) is 37.4 Å². The van der Waals surface area contributed by atoms with Crippen molar-refractivity contribution in [2.24, 2.45) is 7.05 Å². The number of likely N-dealkylation sites (tertiary alicyclic amines) is 1. The van der Waals surface area contributed by atoms with Crippen LogP contribution >= 0.6 is 11.8 Å². The van der Waals surface area contributed by atoms with E-state index in [9.17, 15) is 9.18 Å². The van der Waals surface area contributed by atoms with Crippen molar-refractivity contribution in [1.82, 2.24) is 19.7 Å². The Morgan fingerprint density at radius 2 is 2.04 bits per heavy atom. The number of piperidine rings is 1. The van der Waals surface area contributed by atoms with Gasteiger partial charge in [-0.3, -0.25) is 4.79 Å². The van der Waals surface area contributed by atoms with E-state index in [0.717, 1.165) is 24.9 Å². The Hall–Kier alpha value is -1.89. The lowest BCUT2D eigenvalue weighted by Crippen LogP contribution is -2.42. The zero-order chi connectivity index (χ0) is 17.1. The summed E-state index contributed by atoms with van der Waals surface area (Å²) in [5.41, 5.74) is 0.800. The van der Waals surface area contributed by atoms with Crippen LogP contribution in [0.4, 0.5) is 4.39 Å². The predicted octanol–water partition coefficient (Wildman–Crippen LogP) is 3.11. The lowest BCUT2D eigenvalue weighted by Gasteiger charge is -2.33. The average molecular weight is 348 g/mol. The fourth-order valence-corrected chi connectivity index (χ4v) is 3.77. The molecule has 0 bridgehead atoms. The highest BCUT2D eigenvalue weighted by atomic mass is 32.2. The Morgan fingerprint density at radius 3 is 2.75 bits per heavy atom. The molecule has 2 heterocycles. The molecule has 1 fully saturated rings. The molecule has 3 rings (SSSR count). The highest BCUT2D eigenvalue weighted by Crippen LogP contribution is 2.24. The predicted molar refractivity (Wildman–Crippen MR) is 92.1 cm³/mol. The van der Waals surface area contributed by atoms with Crippen LogP contribution in [0.5, 0.6) is 0 Å². The number of carbonyl (C=O) groups is 1. The summed E-state index contributed by atoms with van der Waals surface area (Å²) >= 11 is 1.39. The third kappa shape index (κ3) is 3.61. The van der Waals surface area contributed by atoms with Gasteiger partial charge in [-0.15, -0.1) is 10.2 Å². The number of hydrogen-bond acceptors (Lipinski definition) is 4. The smallest absolute Gasteiger partial charge is 0.233 e. The lowest BCUT2D eigenvalue weighted by atomic mass is 10.0. The lowest BCUT2D eigenvalue weighted by molar-refractivity contribution is -0.131. The van der Waals surface area contributed by atoms with E-state index in [1.165, 1.54) is 30.3 Å². The summed E-state index contributed by atoms with van der Waals surface area (Å²) in [4.78, 5) is 14.4. The summed E-state index contributed by atoms with van der Waals surface area (Å²) in [6.07, 6.45) is 3.36. The van der Waals surface area contributed by atoms with Gasteiger partial charge < -0.3 is 9.47 Å². The number of halogens is 1. The molecule has 1 amide bonds. The minimum Gasteiger partial charge on any atom is -0.339 e. The first-order valence-corrected chi connectivity index (χ1v) is 9.12. The van der Waals surface area contributed by atoms with Gasteiger partial charge in [0.2, 0.25) is 5.91 Å². The SMILES string of the molecule is CC1CCCCN1C(=O)CSc1nnc(-c2ccc(F)cc2)n1C. The fourth-order valence-electron chi connectivity index (χ4n) is 2.97. The number of benzene rings is 1. The summed E-state index contributed by atoms with van der Waals surface area (Å²) in [6, 6.07) is 6.47. The normalized spacial score (nSPS) is 18.0. The summed E-state index contributed by atoms with van der Waals surface area (Å²) in [5, 5.41) is 9.02. The minimum absolute atomic E-state index is 0.151. The van der Waals surface area contributed by atoms with Gasteiger partial charge in [0.15, 0.2) is 11.0 Å². The Labute approximate surface area is 145 Å². The molecule has 2 aromatic rings. The van der Waals surface area contributed by atoms with E-state index >= 15 is 0 Å². The molecule has 1 atom stereocenters. The second-order valence-corrected chi connectivity index (χ2v) is 7.04. The van der Waals surface area contributed by atoms with Crippen LogP contribution in [0, 0.1) is 5.82 Å². The molecule has 0 aliphatic carbocycles. The Bertz CT molecular complexity index is 716. The highest BCUT2D eigenvalue weighted by Gasteiger charge is 2.23. The zero-order valence-electron chi connectivity index (χ0n) is 13.9. The van der Waals surface area contributed by atoms with Gasteiger partial charge >= 0.3 is 0 Å². The molecule has 1 unspecified atom stereocenters. The van der Waals surface area contributed by atoms with E-state index in [-0.39, 0.29) is 11.7 Å². The number of hydrogen-bond donors (Lipinski definition) is 0. The van der Waals surface area contributed by atoms with Crippen molar-refractivity contribution in [2.75, 3.05) is 12.3 Å². The second-order valence-electron chi connectivity index (χ2n) is 6.09. The fraction of sp³-hybridized carbons (Fsp3) is 0.471. The number of thioether (sulfide) groups is 1. The summed E-state index contributed by atoms with van der Waals surface area (Å²) in [7, 11) is 1.86. The molecular formula is C17H21FN4OS. The molecule has 1 aromatic heterocycles. The third-order valence-corrected chi connectivity index (χ3v) is 5.39. The van der Waals surface area contributed by atoms with Crippen LogP contribution in [0.15, 0.2) is 29.4 Å². The van der Waals surface area contributed by atoms with Crippen LogP contribution in [-0.4, -0.2) is 43.9 Å². The van der Waals surface area contributed by atoms with Gasteiger partial charge in [-0.05, 0) is 50.5 Å². The van der Waals surface area contributed by atoms with E-state index in [4.69, 9.17) is 0 Å². The third-order valence-electron chi connectivity index (χ3n) is 4.39. The minimum atomic E-state index is -0.281. The molecule has 1 aliphatic heterocycles. The van der Waals surface area contributed by atoms with E-state index in [1.54, 1.807) is 12.1 Å². The van der Waals surface area contributed by atoms with Crippen LogP contribution in [0.2, 0.25) is 0 Å². The van der Waals surface area contributed by atoms with Gasteiger partial charge in [0, 0.05) is 25.2 Å². The number of amides is 1. The maximum Gasteiger partial charge on any atom is 0.233 e. The van der Waals surface area contributed by atoms with E-state index in [2.05, 4.69) is 17.1 Å². The van der Waals surface area contributed by atoms with Crippen LogP contribution in [0.1, 0.15) is 26.2 Å². The monoisotopic (exact) mass is 348 g/mol. The molecule has 24 heavy (non-hydrogen) atoms. The Balaban J connectivity index is 1.66. The number of aromatic nitrogens is 3. The topological polar surface area (TPSA) is 51.0 Å². The van der Waals surface area contributed by atoms with Gasteiger partial charge in [-0.2, -0.15) is 0 Å². The van der Waals surface area contributed by atoms with E-state index < -0.39 is 0 Å². The first-order valence-electron chi connectivity index (χ1n) is 8.14. The summed E-state index contributed by atoms with van der Waals surface area (Å²) < 4.78 is 14.9. The quantitative estimate of drug-likeness (QED) is 0.797. The molecule has 0 spiro atoms. The number of nitrogens with zero attached hydrogens (tertiary/aromatic N) is 4. The summed E-state index contributed by atoms with van der Waals surface area (Å²) in [5.74, 6) is 0.895. The van der Waals surface area contributed by atoms with Crippen molar-refractivity contribution < 1.29 is 9.18 Å². The van der Waals surface area contributed by atoms with Crippen molar-refractivity contribution >= 4 is 17.7 Å². The van der Waals surface area contributed by atoms with E-state index in [1.807, 2.05) is 16.5 Å². The first-order chi connectivity index (χ1) is 11.6. The summed E-state index contributed by atoms with van der Waals surface area (Å²) in [6.45, 7) is 2.96. The molecule has 128 valence electrons. The first kappa shape index (κ1) is 17.0. The molecule has 1 aromatic carbocycles. The van der Waals surface area contributed by atoms with Crippen molar-refractivity contribution in [3.8, 4) is 11.4 Å². The Morgan fingerprint density at radius 1 is 1.29 bits per heavy atom. The number of carbonyl (C=O) groups excluding carboxylic acids is 1. The molecular weight excluding hydrogens is 327 g/mol. The molecule has 0 radical (unpaired) electrons. The average Bonchev–Trinajstić information content (AvgIpc) is 2.95. The molecule has 7 heteroatoms. The highest BCUT2D eigenvalue weighted by molar-refractivity contribution is 7.99. The van der Waals surface area contributed by atoms with Gasteiger partial charge in [0.1, 0.15) is 5.82 Å². The number of rotatable bonds is 4. The zero-order valence-corrected chi connectivity index (χ0v) is 14.7. The van der Waals surface area contributed by atoms with Crippen molar-refractivity contribution in [3.63, 3.8) is 0 Å². The maximum atomic E-state index is 13.0. The van der Waals surface area contributed by atoms with Gasteiger partial charge in [0.25, 0.3) is 0 Å². The standard InChI is InChI=1S/C17H21FN4OS/c1-12-5-3-4-10-22(12)15(23)11-24-17-20-19-16(21(17)2)13-6-8-14(18)9-7-13/h6-9,12H,3-5,10-11H2,1-2H3. The largest absolute Gasteiger partial charge is 0.339 e. The van der Waals surface area contributed by atoms with Crippen molar-refractivity contribution in [1.29, 1.82) is 0 Å². The molecule has 5 nitrogen and oxygen atoms in total. The van der Waals surface area contributed by atoms with E-state index in [0.29, 0.717) is 22.8 Å².